The van der Waals surface area contributed by atoms with E-state index >= 15 is 0 Å². The molecule has 0 amide bonds. The van der Waals surface area contributed by atoms with Crippen molar-refractivity contribution in [3.05, 3.63) is 29.6 Å². The standard InChI is InChI=1S/C13H19N5/c1-9-11-4-3-5-13(18(11)16-15-9)12-7-6-10(14)8-17(12)2/h3-5,10,12H,6-8,14H2,1-2H3. The molecule has 0 spiro atoms. The molecule has 96 valence electrons. The van der Waals surface area contributed by atoms with Crippen molar-refractivity contribution in [2.45, 2.75) is 31.8 Å². The molecule has 3 heterocycles. The molecule has 2 aromatic heterocycles. The maximum atomic E-state index is 6.01. The van der Waals surface area contributed by atoms with Crippen LogP contribution in [0.2, 0.25) is 0 Å². The number of likely N-dealkylation sites (tertiary alicyclic amines) is 1. The Morgan fingerprint density at radius 2 is 2.17 bits per heavy atom. The predicted octanol–water partition coefficient (Wildman–Crippen LogP) is 1.13. The second kappa shape index (κ2) is 4.33. The SMILES string of the molecule is Cc1nnn2c(C3CCC(N)CN3C)cccc12. The van der Waals surface area contributed by atoms with Crippen LogP contribution >= 0.6 is 0 Å². The molecule has 2 atom stereocenters. The number of piperidine rings is 1. The minimum absolute atomic E-state index is 0.294. The normalized spacial score (nSPS) is 25.7. The summed E-state index contributed by atoms with van der Waals surface area (Å²) in [5.74, 6) is 0. The average Bonchev–Trinajstić information content (AvgIpc) is 2.72. The molecule has 0 saturated carbocycles. The molecule has 1 aliphatic rings. The zero-order chi connectivity index (χ0) is 12.7. The van der Waals surface area contributed by atoms with Crippen LogP contribution in [0.3, 0.4) is 0 Å². The summed E-state index contributed by atoms with van der Waals surface area (Å²) in [6.07, 6.45) is 2.15. The molecule has 0 radical (unpaired) electrons. The summed E-state index contributed by atoms with van der Waals surface area (Å²) in [4.78, 5) is 2.32. The van der Waals surface area contributed by atoms with E-state index in [1.165, 1.54) is 5.69 Å². The topological polar surface area (TPSA) is 59.5 Å². The Balaban J connectivity index is 2.04. The van der Waals surface area contributed by atoms with Crippen molar-refractivity contribution in [3.63, 3.8) is 0 Å². The van der Waals surface area contributed by atoms with Crippen molar-refractivity contribution in [3.8, 4) is 0 Å². The third-order valence-electron chi connectivity index (χ3n) is 3.86. The molecule has 1 aliphatic heterocycles. The molecule has 0 aliphatic carbocycles. The first-order chi connectivity index (χ1) is 8.66. The van der Waals surface area contributed by atoms with Gasteiger partial charge in [-0.05, 0) is 38.9 Å². The first-order valence-electron chi connectivity index (χ1n) is 6.43. The predicted molar refractivity (Wildman–Crippen MR) is 70.3 cm³/mol. The summed E-state index contributed by atoms with van der Waals surface area (Å²) < 4.78 is 1.97. The van der Waals surface area contributed by atoms with E-state index in [4.69, 9.17) is 5.73 Å². The number of fused-ring (bicyclic) bond motifs is 1. The summed E-state index contributed by atoms with van der Waals surface area (Å²) in [6.45, 7) is 2.93. The van der Waals surface area contributed by atoms with Gasteiger partial charge in [0.15, 0.2) is 0 Å². The smallest absolute Gasteiger partial charge is 0.0898 e. The maximum Gasteiger partial charge on any atom is 0.0898 e. The fraction of sp³-hybridized carbons (Fsp3) is 0.538. The second-order valence-corrected chi connectivity index (χ2v) is 5.22. The van der Waals surface area contributed by atoms with Gasteiger partial charge < -0.3 is 5.73 Å². The summed E-state index contributed by atoms with van der Waals surface area (Å²) in [7, 11) is 2.13. The molecule has 5 nitrogen and oxygen atoms in total. The van der Waals surface area contributed by atoms with Crippen LogP contribution in [0.1, 0.15) is 30.3 Å². The van der Waals surface area contributed by atoms with Crippen LogP contribution < -0.4 is 5.73 Å². The van der Waals surface area contributed by atoms with Gasteiger partial charge in [-0.3, -0.25) is 4.90 Å². The van der Waals surface area contributed by atoms with E-state index < -0.39 is 0 Å². The molecule has 0 aromatic carbocycles. The average molecular weight is 245 g/mol. The third kappa shape index (κ3) is 1.79. The van der Waals surface area contributed by atoms with Gasteiger partial charge in [0, 0.05) is 12.6 Å². The van der Waals surface area contributed by atoms with Crippen LogP contribution in [0.5, 0.6) is 0 Å². The number of aromatic nitrogens is 3. The highest BCUT2D eigenvalue weighted by Gasteiger charge is 2.26. The minimum atomic E-state index is 0.294. The first kappa shape index (κ1) is 11.6. The Morgan fingerprint density at radius 1 is 1.33 bits per heavy atom. The van der Waals surface area contributed by atoms with E-state index in [1.54, 1.807) is 0 Å². The quantitative estimate of drug-likeness (QED) is 0.818. The molecule has 3 rings (SSSR count). The molecular formula is C13H19N5. The Hall–Kier alpha value is -1.46. The number of nitrogens with two attached hydrogens (primary N) is 1. The van der Waals surface area contributed by atoms with Crippen LogP contribution in [0.15, 0.2) is 18.2 Å². The first-order valence-corrected chi connectivity index (χ1v) is 6.43. The van der Waals surface area contributed by atoms with Gasteiger partial charge in [-0.25, -0.2) is 4.52 Å². The zero-order valence-corrected chi connectivity index (χ0v) is 10.9. The monoisotopic (exact) mass is 245 g/mol. The Kier molecular flexibility index (Phi) is 2.80. The number of hydrogen-bond donors (Lipinski definition) is 1. The number of hydrogen-bond acceptors (Lipinski definition) is 4. The van der Waals surface area contributed by atoms with Crippen molar-refractivity contribution in [1.82, 2.24) is 19.7 Å². The highest BCUT2D eigenvalue weighted by Crippen LogP contribution is 2.29. The lowest BCUT2D eigenvalue weighted by Gasteiger charge is -2.35. The molecule has 0 bridgehead atoms. The molecule has 1 saturated heterocycles. The van der Waals surface area contributed by atoms with E-state index in [1.807, 2.05) is 11.4 Å². The van der Waals surface area contributed by atoms with Gasteiger partial charge in [-0.15, -0.1) is 5.10 Å². The van der Waals surface area contributed by atoms with E-state index in [2.05, 4.69) is 40.5 Å². The van der Waals surface area contributed by atoms with E-state index in [-0.39, 0.29) is 0 Å². The van der Waals surface area contributed by atoms with Crippen LogP contribution in [0.4, 0.5) is 0 Å². The lowest BCUT2D eigenvalue weighted by Crippen LogP contribution is -2.42. The fourth-order valence-electron chi connectivity index (χ4n) is 2.86. The van der Waals surface area contributed by atoms with Crippen molar-refractivity contribution < 1.29 is 0 Å². The molecule has 18 heavy (non-hydrogen) atoms. The van der Waals surface area contributed by atoms with Crippen molar-refractivity contribution in [2.24, 2.45) is 5.73 Å². The lowest BCUT2D eigenvalue weighted by molar-refractivity contribution is 0.164. The zero-order valence-electron chi connectivity index (χ0n) is 10.9. The highest BCUT2D eigenvalue weighted by molar-refractivity contribution is 5.51. The van der Waals surface area contributed by atoms with Crippen LogP contribution in [-0.4, -0.2) is 39.4 Å². The van der Waals surface area contributed by atoms with Gasteiger partial charge in [-0.2, -0.15) is 0 Å². The van der Waals surface area contributed by atoms with Gasteiger partial charge in [0.25, 0.3) is 0 Å². The van der Waals surface area contributed by atoms with Crippen molar-refractivity contribution >= 4 is 5.52 Å². The van der Waals surface area contributed by atoms with Gasteiger partial charge in [0.05, 0.1) is 22.9 Å². The van der Waals surface area contributed by atoms with Gasteiger partial charge in [0.1, 0.15) is 0 Å². The minimum Gasteiger partial charge on any atom is -0.327 e. The number of aryl methyl sites for hydroxylation is 1. The van der Waals surface area contributed by atoms with Crippen LogP contribution in [0.25, 0.3) is 5.52 Å². The molecule has 1 fully saturated rings. The molecule has 5 heteroatoms. The summed E-state index contributed by atoms with van der Waals surface area (Å²) >= 11 is 0. The van der Waals surface area contributed by atoms with Gasteiger partial charge >= 0.3 is 0 Å². The molecule has 2 N–H and O–H groups in total. The molecule has 2 aromatic rings. The number of likely N-dealkylation sites (N-methyl/N-ethyl adjacent to an activating group) is 1. The summed E-state index contributed by atoms with van der Waals surface area (Å²) in [5, 5.41) is 8.42. The molecule has 2 unspecified atom stereocenters. The van der Waals surface area contributed by atoms with Crippen LogP contribution in [0, 0.1) is 6.92 Å². The van der Waals surface area contributed by atoms with E-state index in [9.17, 15) is 0 Å². The van der Waals surface area contributed by atoms with Gasteiger partial charge in [0.2, 0.25) is 0 Å². The molecular weight excluding hydrogens is 226 g/mol. The Labute approximate surface area is 107 Å². The van der Waals surface area contributed by atoms with E-state index in [0.29, 0.717) is 12.1 Å². The fourth-order valence-corrected chi connectivity index (χ4v) is 2.86. The maximum absolute atomic E-state index is 6.01. The third-order valence-corrected chi connectivity index (χ3v) is 3.86. The largest absolute Gasteiger partial charge is 0.327 e. The number of nitrogens with zero attached hydrogens (tertiary/aromatic N) is 4. The van der Waals surface area contributed by atoms with Crippen molar-refractivity contribution in [1.29, 1.82) is 0 Å². The summed E-state index contributed by atoms with van der Waals surface area (Å²) in [6, 6.07) is 6.97. The van der Waals surface area contributed by atoms with Crippen molar-refractivity contribution in [2.75, 3.05) is 13.6 Å². The number of pyridine rings is 1. The highest BCUT2D eigenvalue weighted by atomic mass is 15.4. The van der Waals surface area contributed by atoms with Gasteiger partial charge in [-0.1, -0.05) is 11.3 Å². The number of rotatable bonds is 1. The lowest BCUT2D eigenvalue weighted by atomic mass is 9.96. The Bertz CT molecular complexity index is 562. The summed E-state index contributed by atoms with van der Waals surface area (Å²) in [5.41, 5.74) is 9.29. The van der Waals surface area contributed by atoms with Crippen LogP contribution in [-0.2, 0) is 0 Å². The van der Waals surface area contributed by atoms with E-state index in [0.717, 1.165) is 30.6 Å². The Morgan fingerprint density at radius 3 is 2.94 bits per heavy atom. The second-order valence-electron chi connectivity index (χ2n) is 5.22.